The summed E-state index contributed by atoms with van der Waals surface area (Å²) in [4.78, 5) is 16.8. The van der Waals surface area contributed by atoms with Crippen molar-refractivity contribution in [3.63, 3.8) is 0 Å². The second-order valence-electron chi connectivity index (χ2n) is 6.56. The maximum atomic E-state index is 12.7. The highest BCUT2D eigenvalue weighted by molar-refractivity contribution is 5.79. The van der Waals surface area contributed by atoms with Crippen molar-refractivity contribution in [1.82, 2.24) is 10.3 Å². The number of fused-ring (bicyclic) bond motifs is 1. The standard InChI is InChI=1S/C22H20N2O3/c1-15-2-5-17(6-3-15)22(18-8-10-23-11-9-18)24-21(25)13-16-4-7-19-20(12-16)27-14-26-19/h2-12,22H,13-14H2,1H3,(H,24,25)/t22-/m1/s1. The highest BCUT2D eigenvalue weighted by Crippen LogP contribution is 2.32. The first-order valence-corrected chi connectivity index (χ1v) is 8.83. The van der Waals surface area contributed by atoms with Gasteiger partial charge in [0.25, 0.3) is 0 Å². The van der Waals surface area contributed by atoms with Crippen LogP contribution in [-0.4, -0.2) is 17.7 Å². The summed E-state index contributed by atoms with van der Waals surface area (Å²) in [6.45, 7) is 2.27. The van der Waals surface area contributed by atoms with Crippen LogP contribution in [0.25, 0.3) is 0 Å². The van der Waals surface area contributed by atoms with Gasteiger partial charge in [0.1, 0.15) is 0 Å². The van der Waals surface area contributed by atoms with E-state index >= 15 is 0 Å². The van der Waals surface area contributed by atoms with E-state index in [0.717, 1.165) is 16.7 Å². The Morgan fingerprint density at radius 1 is 1.00 bits per heavy atom. The molecular formula is C22H20N2O3. The Hall–Kier alpha value is -3.34. The molecule has 0 saturated carbocycles. The van der Waals surface area contributed by atoms with E-state index in [2.05, 4.69) is 10.3 Å². The van der Waals surface area contributed by atoms with Gasteiger partial charge in [0, 0.05) is 12.4 Å². The van der Waals surface area contributed by atoms with Crippen molar-refractivity contribution in [3.05, 3.63) is 89.2 Å². The number of amides is 1. The van der Waals surface area contributed by atoms with Gasteiger partial charge in [-0.15, -0.1) is 0 Å². The Bertz CT molecular complexity index is 940. The molecule has 0 radical (unpaired) electrons. The van der Waals surface area contributed by atoms with Crippen LogP contribution in [0.15, 0.2) is 67.0 Å². The van der Waals surface area contributed by atoms with E-state index in [9.17, 15) is 4.79 Å². The molecule has 5 nitrogen and oxygen atoms in total. The van der Waals surface area contributed by atoms with E-state index in [1.807, 2.05) is 61.5 Å². The van der Waals surface area contributed by atoms with E-state index in [-0.39, 0.29) is 25.2 Å². The summed E-state index contributed by atoms with van der Waals surface area (Å²) in [6, 6.07) is 17.4. The quantitative estimate of drug-likeness (QED) is 0.756. The van der Waals surface area contributed by atoms with Gasteiger partial charge in [0.05, 0.1) is 12.5 Å². The number of hydrogen-bond donors (Lipinski definition) is 1. The highest BCUT2D eigenvalue weighted by atomic mass is 16.7. The molecule has 5 heteroatoms. The first-order chi connectivity index (χ1) is 13.2. The Balaban J connectivity index is 1.54. The van der Waals surface area contributed by atoms with Gasteiger partial charge in [-0.25, -0.2) is 0 Å². The van der Waals surface area contributed by atoms with Crippen LogP contribution in [0.3, 0.4) is 0 Å². The summed E-state index contributed by atoms with van der Waals surface area (Å²) in [5.74, 6) is 1.34. The van der Waals surface area contributed by atoms with Crippen LogP contribution in [-0.2, 0) is 11.2 Å². The Kier molecular flexibility index (Phi) is 4.75. The van der Waals surface area contributed by atoms with Gasteiger partial charge in [0.15, 0.2) is 11.5 Å². The predicted octanol–water partition coefficient (Wildman–Crippen LogP) is 3.57. The molecule has 1 N–H and O–H groups in total. The fourth-order valence-electron chi connectivity index (χ4n) is 3.12. The minimum atomic E-state index is -0.227. The topological polar surface area (TPSA) is 60.5 Å². The summed E-state index contributed by atoms with van der Waals surface area (Å²) in [5, 5.41) is 3.15. The Labute approximate surface area is 158 Å². The highest BCUT2D eigenvalue weighted by Gasteiger charge is 2.19. The predicted molar refractivity (Wildman–Crippen MR) is 102 cm³/mol. The molecule has 3 aromatic rings. The largest absolute Gasteiger partial charge is 0.454 e. The van der Waals surface area contributed by atoms with Gasteiger partial charge in [0.2, 0.25) is 12.7 Å². The van der Waals surface area contributed by atoms with Crippen LogP contribution in [0, 0.1) is 6.92 Å². The third-order valence-electron chi connectivity index (χ3n) is 4.56. The molecule has 0 spiro atoms. The van der Waals surface area contributed by atoms with Crippen LogP contribution in [0.2, 0.25) is 0 Å². The number of ether oxygens (including phenoxy) is 2. The lowest BCUT2D eigenvalue weighted by atomic mass is 9.98. The molecule has 1 aliphatic rings. The molecule has 27 heavy (non-hydrogen) atoms. The molecular weight excluding hydrogens is 340 g/mol. The van der Waals surface area contributed by atoms with Crippen LogP contribution < -0.4 is 14.8 Å². The second kappa shape index (κ2) is 7.50. The van der Waals surface area contributed by atoms with Gasteiger partial charge >= 0.3 is 0 Å². The number of carbonyl (C=O) groups is 1. The van der Waals surface area contributed by atoms with E-state index in [1.165, 1.54) is 5.56 Å². The zero-order valence-corrected chi connectivity index (χ0v) is 15.0. The average Bonchev–Trinajstić information content (AvgIpc) is 3.15. The van der Waals surface area contributed by atoms with Gasteiger partial charge in [-0.1, -0.05) is 35.9 Å². The number of hydrogen-bond acceptors (Lipinski definition) is 4. The fraction of sp³-hybridized carbons (Fsp3) is 0.182. The summed E-state index contributed by atoms with van der Waals surface area (Å²) in [7, 11) is 0. The van der Waals surface area contributed by atoms with Crippen LogP contribution in [0.4, 0.5) is 0 Å². The molecule has 1 atom stereocenters. The zero-order chi connectivity index (χ0) is 18.6. The van der Waals surface area contributed by atoms with Crippen molar-refractivity contribution in [2.45, 2.75) is 19.4 Å². The number of carbonyl (C=O) groups excluding carboxylic acids is 1. The summed E-state index contributed by atoms with van der Waals surface area (Å²) in [5.41, 5.74) is 4.09. The number of nitrogens with one attached hydrogen (secondary N) is 1. The van der Waals surface area contributed by atoms with Crippen molar-refractivity contribution < 1.29 is 14.3 Å². The molecule has 0 fully saturated rings. The lowest BCUT2D eigenvalue weighted by Gasteiger charge is -2.20. The van der Waals surface area contributed by atoms with Crippen molar-refractivity contribution in [1.29, 1.82) is 0 Å². The van der Waals surface area contributed by atoms with E-state index < -0.39 is 0 Å². The van der Waals surface area contributed by atoms with Crippen molar-refractivity contribution in [2.24, 2.45) is 0 Å². The van der Waals surface area contributed by atoms with E-state index in [4.69, 9.17) is 9.47 Å². The fourth-order valence-corrected chi connectivity index (χ4v) is 3.12. The Morgan fingerprint density at radius 3 is 2.48 bits per heavy atom. The number of benzene rings is 2. The lowest BCUT2D eigenvalue weighted by molar-refractivity contribution is -0.120. The Morgan fingerprint density at radius 2 is 1.70 bits per heavy atom. The molecule has 2 heterocycles. The molecule has 1 aliphatic heterocycles. The molecule has 0 saturated heterocycles. The third-order valence-corrected chi connectivity index (χ3v) is 4.56. The number of nitrogens with zero attached hydrogens (tertiary/aromatic N) is 1. The van der Waals surface area contributed by atoms with E-state index in [1.54, 1.807) is 12.4 Å². The monoisotopic (exact) mass is 360 g/mol. The molecule has 4 rings (SSSR count). The van der Waals surface area contributed by atoms with Crippen LogP contribution >= 0.6 is 0 Å². The summed E-state index contributed by atoms with van der Waals surface area (Å²) >= 11 is 0. The number of rotatable bonds is 5. The maximum absolute atomic E-state index is 12.7. The molecule has 0 unspecified atom stereocenters. The molecule has 0 aliphatic carbocycles. The second-order valence-corrected chi connectivity index (χ2v) is 6.56. The molecule has 1 aromatic heterocycles. The maximum Gasteiger partial charge on any atom is 0.231 e. The third kappa shape index (κ3) is 3.92. The lowest BCUT2D eigenvalue weighted by Crippen LogP contribution is -2.30. The van der Waals surface area contributed by atoms with Crippen LogP contribution in [0.5, 0.6) is 11.5 Å². The number of aromatic nitrogens is 1. The molecule has 1 amide bonds. The number of pyridine rings is 1. The molecule has 2 aromatic carbocycles. The smallest absolute Gasteiger partial charge is 0.231 e. The molecule has 0 bridgehead atoms. The van der Waals surface area contributed by atoms with Gasteiger partial charge < -0.3 is 14.8 Å². The van der Waals surface area contributed by atoms with Gasteiger partial charge in [-0.2, -0.15) is 0 Å². The van der Waals surface area contributed by atoms with Crippen LogP contribution in [0.1, 0.15) is 28.3 Å². The van der Waals surface area contributed by atoms with E-state index in [0.29, 0.717) is 11.5 Å². The summed E-state index contributed by atoms with van der Waals surface area (Å²) < 4.78 is 10.7. The zero-order valence-electron chi connectivity index (χ0n) is 15.0. The van der Waals surface area contributed by atoms with Gasteiger partial charge in [-0.05, 0) is 47.9 Å². The first-order valence-electron chi connectivity index (χ1n) is 8.83. The van der Waals surface area contributed by atoms with Gasteiger partial charge in [-0.3, -0.25) is 9.78 Å². The summed E-state index contributed by atoms with van der Waals surface area (Å²) in [6.07, 6.45) is 3.74. The number of aryl methyl sites for hydroxylation is 1. The van der Waals surface area contributed by atoms with Crippen molar-refractivity contribution in [2.75, 3.05) is 6.79 Å². The normalized spacial score (nSPS) is 13.2. The SMILES string of the molecule is Cc1ccc([C@@H](NC(=O)Cc2ccc3c(c2)OCO3)c2ccncc2)cc1. The first kappa shape index (κ1) is 17.1. The molecule has 136 valence electrons. The minimum Gasteiger partial charge on any atom is -0.454 e. The average molecular weight is 360 g/mol. The minimum absolute atomic E-state index is 0.0590. The van der Waals surface area contributed by atoms with Crippen molar-refractivity contribution >= 4 is 5.91 Å². The van der Waals surface area contributed by atoms with Crippen molar-refractivity contribution in [3.8, 4) is 11.5 Å².